The highest BCUT2D eigenvalue weighted by Crippen LogP contribution is 2.19. The molecule has 3 nitrogen and oxygen atoms in total. The number of nitrogens with zero attached hydrogens (tertiary/aromatic N) is 1. The van der Waals surface area contributed by atoms with Crippen LogP contribution in [0, 0.1) is 0 Å². The maximum absolute atomic E-state index is 12.1. The summed E-state index contributed by atoms with van der Waals surface area (Å²) in [6, 6.07) is 18.4. The fourth-order valence-electron chi connectivity index (χ4n) is 3.16. The average Bonchev–Trinajstić information content (AvgIpc) is 2.67. The van der Waals surface area contributed by atoms with E-state index in [0.717, 1.165) is 41.8 Å². The number of rotatable bonds is 9. The third-order valence-electron chi connectivity index (χ3n) is 5.25. The Labute approximate surface area is 151 Å². The largest absolute Gasteiger partial charge is 0.459 e. The molecule has 25 heavy (non-hydrogen) atoms. The highest BCUT2D eigenvalue weighted by molar-refractivity contribution is 5.73. The Morgan fingerprint density at radius 3 is 1.96 bits per heavy atom. The van der Waals surface area contributed by atoms with Gasteiger partial charge in [0.15, 0.2) is 0 Å². The minimum atomic E-state index is -0.145. The monoisotopic (exact) mass is 340 g/mol. The van der Waals surface area contributed by atoms with Crippen molar-refractivity contribution < 1.29 is 14.0 Å². The van der Waals surface area contributed by atoms with Gasteiger partial charge in [0.1, 0.15) is 13.2 Å². The topological polar surface area (TPSA) is 26.3 Å². The lowest BCUT2D eigenvalue weighted by molar-refractivity contribution is -0.923. The molecule has 0 radical (unpaired) electrons. The lowest BCUT2D eigenvalue weighted by atomic mass is 10.0. The first kappa shape index (κ1) is 19.2. The van der Waals surface area contributed by atoms with Gasteiger partial charge in [-0.2, -0.15) is 0 Å². The van der Waals surface area contributed by atoms with E-state index >= 15 is 0 Å². The second kappa shape index (κ2) is 9.38. The molecule has 0 fully saturated rings. The average molecular weight is 340 g/mol. The van der Waals surface area contributed by atoms with Gasteiger partial charge in [0.2, 0.25) is 0 Å². The van der Waals surface area contributed by atoms with Gasteiger partial charge in [-0.15, -0.1) is 0 Å². The Hall–Kier alpha value is -2.13. The Kier molecular flexibility index (Phi) is 7.20. The zero-order valence-electron chi connectivity index (χ0n) is 15.7. The molecule has 0 heterocycles. The Morgan fingerprint density at radius 1 is 0.840 bits per heavy atom. The zero-order chi connectivity index (χ0) is 18.1. The Bertz CT molecular complexity index is 637. The van der Waals surface area contributed by atoms with Gasteiger partial charge in [0.25, 0.3) is 0 Å². The van der Waals surface area contributed by atoms with E-state index in [1.807, 2.05) is 30.3 Å². The Morgan fingerprint density at radius 2 is 1.40 bits per heavy atom. The summed E-state index contributed by atoms with van der Waals surface area (Å²) in [5.74, 6) is -0.145. The normalized spacial score (nSPS) is 11.3. The van der Waals surface area contributed by atoms with E-state index in [9.17, 15) is 4.79 Å². The van der Waals surface area contributed by atoms with Crippen molar-refractivity contribution in [2.45, 2.75) is 27.2 Å². The molecular formula is C22H30NO2+. The van der Waals surface area contributed by atoms with Crippen molar-refractivity contribution in [2.75, 3.05) is 32.8 Å². The summed E-state index contributed by atoms with van der Waals surface area (Å²) in [5.41, 5.74) is 3.34. The van der Waals surface area contributed by atoms with Crippen LogP contribution in [0.1, 0.15) is 26.3 Å². The van der Waals surface area contributed by atoms with Crippen molar-refractivity contribution in [1.82, 2.24) is 0 Å². The van der Waals surface area contributed by atoms with E-state index < -0.39 is 0 Å². The summed E-state index contributed by atoms with van der Waals surface area (Å²) in [6.07, 6.45) is 0.333. The lowest BCUT2D eigenvalue weighted by Gasteiger charge is -2.35. The molecular weight excluding hydrogens is 310 g/mol. The molecule has 0 spiro atoms. The van der Waals surface area contributed by atoms with Crippen LogP contribution in [0.15, 0.2) is 54.6 Å². The van der Waals surface area contributed by atoms with Gasteiger partial charge in [0, 0.05) is 0 Å². The van der Waals surface area contributed by atoms with E-state index in [1.165, 1.54) is 5.56 Å². The SMILES string of the molecule is CC[N+](CC)(CC)CCOC(=O)Cc1ccc(-c2ccccc2)cc1. The first-order valence-corrected chi connectivity index (χ1v) is 9.27. The number of esters is 1. The number of hydrogen-bond donors (Lipinski definition) is 0. The van der Waals surface area contributed by atoms with Crippen LogP contribution in [0.5, 0.6) is 0 Å². The number of carbonyl (C=O) groups excluding carboxylic acids is 1. The highest BCUT2D eigenvalue weighted by atomic mass is 16.5. The van der Waals surface area contributed by atoms with Crippen LogP contribution in [0.3, 0.4) is 0 Å². The molecule has 0 amide bonds. The number of likely N-dealkylation sites (N-methyl/N-ethyl adjacent to an activating group) is 1. The molecule has 0 N–H and O–H groups in total. The molecule has 0 aliphatic carbocycles. The van der Waals surface area contributed by atoms with Crippen molar-refractivity contribution in [3.8, 4) is 11.1 Å². The molecule has 3 heteroatoms. The lowest BCUT2D eigenvalue weighted by Crippen LogP contribution is -2.49. The van der Waals surface area contributed by atoms with E-state index in [-0.39, 0.29) is 5.97 Å². The number of hydrogen-bond acceptors (Lipinski definition) is 2. The third-order valence-corrected chi connectivity index (χ3v) is 5.25. The van der Waals surface area contributed by atoms with Gasteiger partial charge < -0.3 is 9.22 Å². The molecule has 0 unspecified atom stereocenters. The summed E-state index contributed by atoms with van der Waals surface area (Å²) in [7, 11) is 0. The van der Waals surface area contributed by atoms with Crippen LogP contribution in [-0.4, -0.2) is 43.2 Å². The smallest absolute Gasteiger partial charge is 0.310 e. The molecule has 2 rings (SSSR count). The molecule has 0 atom stereocenters. The van der Waals surface area contributed by atoms with Crippen LogP contribution < -0.4 is 0 Å². The second-order valence-corrected chi connectivity index (χ2v) is 6.47. The van der Waals surface area contributed by atoms with Crippen LogP contribution in [-0.2, 0) is 16.0 Å². The molecule has 0 saturated carbocycles. The maximum atomic E-state index is 12.1. The maximum Gasteiger partial charge on any atom is 0.310 e. The number of quaternary nitrogens is 1. The summed E-state index contributed by atoms with van der Waals surface area (Å²) >= 11 is 0. The van der Waals surface area contributed by atoms with E-state index in [1.54, 1.807) is 0 Å². The van der Waals surface area contributed by atoms with Gasteiger partial charge in [-0.25, -0.2) is 0 Å². The molecule has 0 aromatic heterocycles. The molecule has 2 aromatic rings. The zero-order valence-corrected chi connectivity index (χ0v) is 15.7. The predicted octanol–water partition coefficient (Wildman–Crippen LogP) is 4.32. The highest BCUT2D eigenvalue weighted by Gasteiger charge is 2.20. The van der Waals surface area contributed by atoms with Gasteiger partial charge in [-0.05, 0) is 37.5 Å². The minimum Gasteiger partial charge on any atom is -0.459 e. The van der Waals surface area contributed by atoms with E-state index in [4.69, 9.17) is 4.74 Å². The fraction of sp³-hybridized carbons (Fsp3) is 0.409. The molecule has 0 saturated heterocycles. The summed E-state index contributed by atoms with van der Waals surface area (Å²) in [6.45, 7) is 11.2. The third kappa shape index (κ3) is 5.43. The quantitative estimate of drug-likeness (QED) is 0.502. The number of carbonyl (C=O) groups is 1. The molecule has 134 valence electrons. The Balaban J connectivity index is 1.85. The van der Waals surface area contributed by atoms with Gasteiger partial charge in [-0.3, -0.25) is 4.79 Å². The van der Waals surface area contributed by atoms with Crippen LogP contribution in [0.2, 0.25) is 0 Å². The van der Waals surface area contributed by atoms with Crippen molar-refractivity contribution >= 4 is 5.97 Å². The second-order valence-electron chi connectivity index (χ2n) is 6.47. The summed E-state index contributed by atoms with van der Waals surface area (Å²) in [5, 5.41) is 0. The van der Waals surface area contributed by atoms with Crippen LogP contribution in [0.4, 0.5) is 0 Å². The molecule has 0 aliphatic heterocycles. The standard InChI is InChI=1S/C22H30NO2/c1-4-23(5-2,6-3)16-17-25-22(24)18-19-12-14-21(15-13-19)20-10-8-7-9-11-20/h7-15H,4-6,16-18H2,1-3H3/q+1. The van der Waals surface area contributed by atoms with Crippen molar-refractivity contribution in [3.63, 3.8) is 0 Å². The number of ether oxygens (including phenoxy) is 1. The van der Waals surface area contributed by atoms with Crippen LogP contribution >= 0.6 is 0 Å². The van der Waals surface area contributed by atoms with Gasteiger partial charge in [-0.1, -0.05) is 54.6 Å². The van der Waals surface area contributed by atoms with Gasteiger partial charge in [0.05, 0.1) is 26.1 Å². The first-order chi connectivity index (χ1) is 12.1. The summed E-state index contributed by atoms with van der Waals surface area (Å²) < 4.78 is 6.47. The van der Waals surface area contributed by atoms with Crippen LogP contribution in [0.25, 0.3) is 11.1 Å². The number of benzene rings is 2. The molecule has 0 aliphatic rings. The van der Waals surface area contributed by atoms with E-state index in [0.29, 0.717) is 13.0 Å². The summed E-state index contributed by atoms with van der Waals surface area (Å²) in [4.78, 5) is 12.1. The van der Waals surface area contributed by atoms with Gasteiger partial charge >= 0.3 is 5.97 Å². The van der Waals surface area contributed by atoms with Crippen molar-refractivity contribution in [2.24, 2.45) is 0 Å². The van der Waals surface area contributed by atoms with Crippen molar-refractivity contribution in [1.29, 1.82) is 0 Å². The van der Waals surface area contributed by atoms with Crippen molar-refractivity contribution in [3.05, 3.63) is 60.2 Å². The molecule has 0 bridgehead atoms. The van der Waals surface area contributed by atoms with E-state index in [2.05, 4.69) is 45.0 Å². The minimum absolute atomic E-state index is 0.145. The molecule has 2 aromatic carbocycles. The predicted molar refractivity (Wildman–Crippen MR) is 103 cm³/mol. The fourth-order valence-corrected chi connectivity index (χ4v) is 3.16. The first-order valence-electron chi connectivity index (χ1n) is 9.27.